The van der Waals surface area contributed by atoms with E-state index < -0.39 is 20.9 Å². The van der Waals surface area contributed by atoms with Gasteiger partial charge in [0, 0.05) is 39.3 Å². The molecule has 4 aromatic rings. The number of carbonyl (C=O) groups excluding carboxylic acids is 1. The molecule has 12 heteroatoms. The summed E-state index contributed by atoms with van der Waals surface area (Å²) in [6.45, 7) is 0. The van der Waals surface area contributed by atoms with Gasteiger partial charge in [0.15, 0.2) is 5.13 Å². The highest BCUT2D eigenvalue weighted by Crippen LogP contribution is 2.27. The Morgan fingerprint density at radius 1 is 0.971 bits per heavy atom. The third-order valence-corrected chi connectivity index (χ3v) is 7.03. The molecule has 0 unspecified atom stereocenters. The zero-order valence-electron chi connectivity index (χ0n) is 17.1. The van der Waals surface area contributed by atoms with Gasteiger partial charge in [-0.15, -0.1) is 11.3 Å². The SMILES string of the molecule is O=C(Nc1nc(-c2ccc([N+](=O)[O-])cc2)cs1)c1ccc(NS(=O)(=O)c2ccc(Cl)cc2)cc1. The lowest BCUT2D eigenvalue weighted by atomic mass is 10.1. The number of non-ortho nitro benzene ring substituents is 1. The number of anilines is 2. The summed E-state index contributed by atoms with van der Waals surface area (Å²) >= 11 is 7.01. The van der Waals surface area contributed by atoms with Crippen molar-refractivity contribution in [2.45, 2.75) is 4.90 Å². The third-order valence-electron chi connectivity index (χ3n) is 4.62. The Bertz CT molecular complexity index is 1450. The minimum atomic E-state index is -3.80. The largest absolute Gasteiger partial charge is 0.298 e. The number of nitro benzene ring substituents is 1. The van der Waals surface area contributed by atoms with E-state index in [1.807, 2.05) is 0 Å². The molecule has 0 saturated heterocycles. The molecule has 4 rings (SSSR count). The van der Waals surface area contributed by atoms with E-state index in [-0.39, 0.29) is 10.6 Å². The lowest BCUT2D eigenvalue weighted by molar-refractivity contribution is -0.384. The molecule has 0 aliphatic rings. The van der Waals surface area contributed by atoms with Crippen LogP contribution in [0.15, 0.2) is 83.1 Å². The Hall–Kier alpha value is -3.80. The number of thiazole rings is 1. The van der Waals surface area contributed by atoms with E-state index in [0.717, 1.165) is 0 Å². The Morgan fingerprint density at radius 3 is 2.24 bits per heavy atom. The molecule has 1 heterocycles. The van der Waals surface area contributed by atoms with Gasteiger partial charge in [0.2, 0.25) is 0 Å². The van der Waals surface area contributed by atoms with Gasteiger partial charge < -0.3 is 0 Å². The molecular formula is C22H15ClN4O5S2. The first-order valence-corrected chi connectivity index (χ1v) is 12.4. The van der Waals surface area contributed by atoms with Crippen molar-refractivity contribution in [2.24, 2.45) is 0 Å². The predicted molar refractivity (Wildman–Crippen MR) is 131 cm³/mol. The number of nitrogens with one attached hydrogen (secondary N) is 2. The van der Waals surface area contributed by atoms with Crippen LogP contribution in [-0.2, 0) is 10.0 Å². The monoisotopic (exact) mass is 514 g/mol. The van der Waals surface area contributed by atoms with Crippen molar-refractivity contribution in [3.63, 3.8) is 0 Å². The standard InChI is InChI=1S/C22H15ClN4O5S2/c23-16-5-11-19(12-6-16)34(31,32)26-17-7-1-15(2-8-17)21(28)25-22-24-20(13-33-22)14-3-9-18(10-4-14)27(29)30/h1-13,26H,(H,24,25,28). The molecule has 9 nitrogen and oxygen atoms in total. The summed E-state index contributed by atoms with van der Waals surface area (Å²) in [6.07, 6.45) is 0. The fourth-order valence-electron chi connectivity index (χ4n) is 2.90. The van der Waals surface area contributed by atoms with Crippen LogP contribution in [-0.4, -0.2) is 24.2 Å². The van der Waals surface area contributed by atoms with Gasteiger partial charge in [0.05, 0.1) is 15.5 Å². The molecule has 1 aromatic heterocycles. The van der Waals surface area contributed by atoms with Crippen molar-refractivity contribution >= 4 is 55.4 Å². The molecule has 1 amide bonds. The van der Waals surface area contributed by atoms with Crippen LogP contribution in [0.3, 0.4) is 0 Å². The minimum Gasteiger partial charge on any atom is -0.298 e. The van der Waals surface area contributed by atoms with Gasteiger partial charge >= 0.3 is 0 Å². The number of benzene rings is 3. The van der Waals surface area contributed by atoms with Gasteiger partial charge in [-0.3, -0.25) is 24.9 Å². The maximum absolute atomic E-state index is 12.6. The lowest BCUT2D eigenvalue weighted by Crippen LogP contribution is -2.14. The topological polar surface area (TPSA) is 131 Å². The normalized spacial score (nSPS) is 11.1. The summed E-state index contributed by atoms with van der Waals surface area (Å²) in [7, 11) is -3.80. The van der Waals surface area contributed by atoms with E-state index in [1.165, 1.54) is 72.0 Å². The highest BCUT2D eigenvalue weighted by atomic mass is 35.5. The average molecular weight is 515 g/mol. The minimum absolute atomic E-state index is 0.0218. The molecule has 172 valence electrons. The van der Waals surface area contributed by atoms with Crippen LogP contribution >= 0.6 is 22.9 Å². The maximum Gasteiger partial charge on any atom is 0.269 e. The molecule has 0 bridgehead atoms. The van der Waals surface area contributed by atoms with Crippen LogP contribution in [0, 0.1) is 10.1 Å². The second-order valence-electron chi connectivity index (χ2n) is 6.93. The number of carbonyl (C=O) groups is 1. The van der Waals surface area contributed by atoms with Crippen molar-refractivity contribution in [3.8, 4) is 11.3 Å². The van der Waals surface area contributed by atoms with Crippen LogP contribution < -0.4 is 10.0 Å². The summed E-state index contributed by atoms with van der Waals surface area (Å²) < 4.78 is 27.4. The molecule has 0 fully saturated rings. The Labute approximate surface area is 203 Å². The molecular weight excluding hydrogens is 500 g/mol. The molecule has 0 saturated carbocycles. The Balaban J connectivity index is 1.41. The number of rotatable bonds is 7. The van der Waals surface area contributed by atoms with Crippen molar-refractivity contribution in [1.82, 2.24) is 4.98 Å². The van der Waals surface area contributed by atoms with Crippen molar-refractivity contribution < 1.29 is 18.1 Å². The van der Waals surface area contributed by atoms with Gasteiger partial charge in [0.1, 0.15) is 0 Å². The zero-order valence-corrected chi connectivity index (χ0v) is 19.5. The maximum atomic E-state index is 12.6. The molecule has 0 atom stereocenters. The Morgan fingerprint density at radius 2 is 1.62 bits per heavy atom. The fraction of sp³-hybridized carbons (Fsp3) is 0. The molecule has 34 heavy (non-hydrogen) atoms. The first kappa shape index (κ1) is 23.4. The fourth-order valence-corrected chi connectivity index (χ4v) is 4.80. The van der Waals surface area contributed by atoms with Crippen LogP contribution in [0.1, 0.15) is 10.4 Å². The van der Waals surface area contributed by atoms with E-state index in [1.54, 1.807) is 17.5 Å². The predicted octanol–water partition coefficient (Wildman–Crippen LogP) is 5.42. The number of nitro groups is 1. The number of hydrogen-bond acceptors (Lipinski definition) is 7. The third kappa shape index (κ3) is 5.39. The van der Waals surface area contributed by atoms with Gasteiger partial charge in [-0.25, -0.2) is 13.4 Å². The highest BCUT2D eigenvalue weighted by molar-refractivity contribution is 7.92. The first-order chi connectivity index (χ1) is 16.2. The molecule has 0 spiro atoms. The molecule has 0 radical (unpaired) electrons. The summed E-state index contributed by atoms with van der Waals surface area (Å²) in [6, 6.07) is 17.6. The second kappa shape index (κ2) is 9.59. The van der Waals surface area contributed by atoms with E-state index in [9.17, 15) is 23.3 Å². The van der Waals surface area contributed by atoms with E-state index >= 15 is 0 Å². The Kier molecular flexibility index (Phi) is 6.59. The van der Waals surface area contributed by atoms with E-state index in [0.29, 0.717) is 32.7 Å². The number of aromatic nitrogens is 1. The summed E-state index contributed by atoms with van der Waals surface area (Å²) in [5.74, 6) is -0.420. The van der Waals surface area contributed by atoms with Crippen molar-refractivity contribution in [2.75, 3.05) is 10.0 Å². The van der Waals surface area contributed by atoms with Crippen LogP contribution in [0.4, 0.5) is 16.5 Å². The average Bonchev–Trinajstić information content (AvgIpc) is 3.28. The first-order valence-electron chi connectivity index (χ1n) is 9.61. The van der Waals surface area contributed by atoms with Crippen molar-refractivity contribution in [3.05, 3.63) is 98.9 Å². The molecule has 0 aliphatic heterocycles. The number of nitrogens with zero attached hydrogens (tertiary/aromatic N) is 2. The number of hydrogen-bond donors (Lipinski definition) is 2. The molecule has 2 N–H and O–H groups in total. The van der Waals surface area contributed by atoms with Crippen LogP contribution in [0.2, 0.25) is 5.02 Å². The van der Waals surface area contributed by atoms with Gasteiger partial charge in [-0.05, 0) is 60.7 Å². The molecule has 3 aromatic carbocycles. The van der Waals surface area contributed by atoms with Crippen LogP contribution in [0.25, 0.3) is 11.3 Å². The van der Waals surface area contributed by atoms with Gasteiger partial charge in [-0.2, -0.15) is 0 Å². The number of sulfonamides is 1. The summed E-state index contributed by atoms with van der Waals surface area (Å²) in [5, 5.41) is 16.0. The molecule has 0 aliphatic carbocycles. The summed E-state index contributed by atoms with van der Waals surface area (Å²) in [5.41, 5.74) is 1.83. The quantitative estimate of drug-likeness (QED) is 0.250. The van der Waals surface area contributed by atoms with Gasteiger partial charge in [-0.1, -0.05) is 11.6 Å². The van der Waals surface area contributed by atoms with Crippen molar-refractivity contribution in [1.29, 1.82) is 0 Å². The number of halogens is 1. The summed E-state index contributed by atoms with van der Waals surface area (Å²) in [4.78, 5) is 27.3. The number of amides is 1. The lowest BCUT2D eigenvalue weighted by Gasteiger charge is -2.09. The zero-order chi connectivity index (χ0) is 24.3. The van der Waals surface area contributed by atoms with Gasteiger partial charge in [0.25, 0.3) is 21.6 Å². The van der Waals surface area contributed by atoms with Crippen LogP contribution in [0.5, 0.6) is 0 Å². The van der Waals surface area contributed by atoms with E-state index in [2.05, 4.69) is 15.0 Å². The smallest absolute Gasteiger partial charge is 0.269 e. The van der Waals surface area contributed by atoms with E-state index in [4.69, 9.17) is 11.6 Å². The second-order valence-corrected chi connectivity index (χ2v) is 9.91. The highest BCUT2D eigenvalue weighted by Gasteiger charge is 2.15.